The van der Waals surface area contributed by atoms with E-state index in [-0.39, 0.29) is 19.2 Å². The van der Waals surface area contributed by atoms with E-state index in [9.17, 15) is 15.0 Å². The van der Waals surface area contributed by atoms with Gasteiger partial charge in [0.2, 0.25) is 12.5 Å². The molecule has 244 valence electrons. The number of esters is 1. The van der Waals surface area contributed by atoms with Crippen molar-refractivity contribution in [1.82, 2.24) is 0 Å². The van der Waals surface area contributed by atoms with Crippen molar-refractivity contribution in [3.63, 3.8) is 0 Å². The van der Waals surface area contributed by atoms with E-state index in [1.54, 1.807) is 20.3 Å². The summed E-state index contributed by atoms with van der Waals surface area (Å²) in [6.07, 6.45) is 9.10. The first-order valence-electron chi connectivity index (χ1n) is 16.2. The molecule has 9 nitrogen and oxygen atoms in total. The second-order valence-electron chi connectivity index (χ2n) is 12.4. The van der Waals surface area contributed by atoms with Gasteiger partial charge in [-0.3, -0.25) is 4.79 Å². The Morgan fingerprint density at radius 1 is 0.957 bits per heavy atom. The van der Waals surface area contributed by atoms with Gasteiger partial charge in [-0.1, -0.05) is 19.3 Å². The van der Waals surface area contributed by atoms with Crippen LogP contribution in [0, 0.1) is 0 Å². The van der Waals surface area contributed by atoms with Crippen LogP contribution >= 0.6 is 0 Å². The van der Waals surface area contributed by atoms with Crippen LogP contribution in [0.5, 0.6) is 23.0 Å². The molecule has 1 aliphatic carbocycles. The third kappa shape index (κ3) is 6.18. The van der Waals surface area contributed by atoms with Gasteiger partial charge in [-0.2, -0.15) is 4.57 Å². The van der Waals surface area contributed by atoms with E-state index in [4.69, 9.17) is 23.7 Å². The van der Waals surface area contributed by atoms with Crippen molar-refractivity contribution in [3.05, 3.63) is 64.4 Å². The second-order valence-corrected chi connectivity index (χ2v) is 12.4. The zero-order chi connectivity index (χ0) is 32.4. The zero-order valence-corrected chi connectivity index (χ0v) is 27.2. The predicted molar refractivity (Wildman–Crippen MR) is 173 cm³/mol. The molecule has 6 rings (SSSR count). The summed E-state index contributed by atoms with van der Waals surface area (Å²) in [6, 6.07) is 7.95. The Hall–Kier alpha value is -4.08. The van der Waals surface area contributed by atoms with Crippen LogP contribution in [0.15, 0.2) is 53.3 Å². The van der Waals surface area contributed by atoms with E-state index in [0.717, 1.165) is 107 Å². The van der Waals surface area contributed by atoms with Gasteiger partial charge in [0.25, 0.3) is 0 Å². The molecule has 3 aromatic rings. The second kappa shape index (κ2) is 13.7. The number of benzene rings is 2. The Balaban J connectivity index is 1.11. The number of hydrogen-bond donors (Lipinski definition) is 2. The van der Waals surface area contributed by atoms with Gasteiger partial charge in [0.15, 0.2) is 35.7 Å². The summed E-state index contributed by atoms with van der Waals surface area (Å²) in [5, 5.41) is 22.5. The fraction of sp³-hybridized carbons (Fsp3) is 0.459. The number of unbranched alkanes of at least 4 members (excludes halogenated alkanes) is 4. The molecule has 2 atom stereocenters. The number of aryl methyl sites for hydroxylation is 2. The van der Waals surface area contributed by atoms with Crippen LogP contribution in [0.1, 0.15) is 63.5 Å². The maximum Gasteiger partial charge on any atom is 0.310 e. The van der Waals surface area contributed by atoms with Crippen molar-refractivity contribution >= 4 is 16.7 Å². The summed E-state index contributed by atoms with van der Waals surface area (Å²) < 4.78 is 30.7. The minimum absolute atomic E-state index is 0.118. The lowest BCUT2D eigenvalue weighted by Gasteiger charge is -2.26. The predicted octanol–water partition coefficient (Wildman–Crippen LogP) is 5.52. The average molecular weight is 631 g/mol. The molecular formula is C37H44NO8+. The molecular weight excluding hydrogens is 586 g/mol. The van der Waals surface area contributed by atoms with Gasteiger partial charge in [-0.15, -0.1) is 0 Å². The zero-order valence-electron chi connectivity index (χ0n) is 27.2. The molecule has 0 saturated carbocycles. The smallest absolute Gasteiger partial charge is 0.310 e. The van der Waals surface area contributed by atoms with Gasteiger partial charge >= 0.3 is 5.97 Å². The normalized spacial score (nSPS) is 18.3. The highest BCUT2D eigenvalue weighted by Crippen LogP contribution is 2.43. The van der Waals surface area contributed by atoms with Gasteiger partial charge in [0.05, 0.1) is 50.4 Å². The number of pyridine rings is 1. The van der Waals surface area contributed by atoms with Crippen molar-refractivity contribution in [1.29, 1.82) is 0 Å². The number of aliphatic hydroxyl groups excluding tert-OH is 2. The van der Waals surface area contributed by atoms with E-state index < -0.39 is 12.2 Å². The molecule has 3 aliphatic rings. The first-order chi connectivity index (χ1) is 22.3. The van der Waals surface area contributed by atoms with Gasteiger partial charge in [0.1, 0.15) is 0 Å². The lowest BCUT2D eigenvalue weighted by molar-refractivity contribution is -0.686. The largest absolute Gasteiger partial charge is 0.493 e. The highest BCUT2D eigenvalue weighted by molar-refractivity contribution is 5.97. The molecule has 2 aliphatic heterocycles. The average Bonchev–Trinajstić information content (AvgIpc) is 3.52. The number of aromatic nitrogens is 1. The number of methoxy groups -OCH3 is 2. The number of ether oxygens (including phenoxy) is 5. The number of hydrogen-bond acceptors (Lipinski definition) is 8. The summed E-state index contributed by atoms with van der Waals surface area (Å²) in [4.78, 5) is 13.3. The quantitative estimate of drug-likeness (QED) is 0.117. The Labute approximate surface area is 270 Å². The molecule has 3 heterocycles. The van der Waals surface area contributed by atoms with Gasteiger partial charge in [-0.05, 0) is 85.7 Å². The molecule has 0 radical (unpaired) electrons. The van der Waals surface area contributed by atoms with Crippen LogP contribution in [0.3, 0.4) is 0 Å². The van der Waals surface area contributed by atoms with Crippen LogP contribution in [-0.4, -0.2) is 56.0 Å². The maximum absolute atomic E-state index is 13.3. The fourth-order valence-corrected chi connectivity index (χ4v) is 6.90. The van der Waals surface area contributed by atoms with Gasteiger partial charge in [0, 0.05) is 17.4 Å². The van der Waals surface area contributed by atoms with E-state index in [2.05, 4.69) is 16.8 Å². The Morgan fingerprint density at radius 3 is 2.50 bits per heavy atom. The summed E-state index contributed by atoms with van der Waals surface area (Å²) >= 11 is 0. The molecule has 2 aromatic carbocycles. The van der Waals surface area contributed by atoms with Gasteiger partial charge < -0.3 is 33.9 Å². The van der Waals surface area contributed by atoms with E-state index in [1.165, 1.54) is 0 Å². The Bertz CT molecular complexity index is 1710. The fourth-order valence-electron chi connectivity index (χ4n) is 6.90. The van der Waals surface area contributed by atoms with Crippen molar-refractivity contribution in [2.24, 2.45) is 0 Å². The molecule has 0 spiro atoms. The van der Waals surface area contributed by atoms with Crippen LogP contribution in [0.2, 0.25) is 0 Å². The molecule has 0 fully saturated rings. The summed E-state index contributed by atoms with van der Waals surface area (Å²) in [6.45, 7) is 5.06. The molecule has 2 unspecified atom stereocenters. The third-order valence-electron chi connectivity index (χ3n) is 9.64. The van der Waals surface area contributed by atoms with E-state index in [0.29, 0.717) is 23.9 Å². The SMILES string of the molecule is COc1ccc2c(CC(=O)OCCCCCCCC3=CC(O)C(C)=C(C)C3O)c3[n+](cc2c1OC)CCc1cc2c(cc1-3)OCO2. The number of carbonyl (C=O) groups is 1. The standard InChI is InChI=1S/C37H44NO8/c1-22-23(2)36(41)25(16-30(22)39)10-8-6-5-7-9-15-44-34(40)19-28-26-11-12-31(42-3)37(43-4)29(26)20-38-14-13-24-17-32-33(46-21-45-32)18-27(24)35(28)38/h11-12,16-18,20,30,36,39,41H,5-10,13-15,19,21H2,1-4H3/q+1. The highest BCUT2D eigenvalue weighted by atomic mass is 16.7. The molecule has 46 heavy (non-hydrogen) atoms. The Morgan fingerprint density at radius 2 is 1.72 bits per heavy atom. The molecule has 9 heteroatoms. The lowest BCUT2D eigenvalue weighted by Crippen LogP contribution is -2.41. The summed E-state index contributed by atoms with van der Waals surface area (Å²) in [5.41, 5.74) is 6.64. The van der Waals surface area contributed by atoms with Crippen LogP contribution < -0.4 is 23.5 Å². The van der Waals surface area contributed by atoms with Crippen LogP contribution in [-0.2, 0) is 28.9 Å². The lowest BCUT2D eigenvalue weighted by atomic mass is 9.86. The minimum atomic E-state index is -0.602. The molecule has 0 saturated heterocycles. The van der Waals surface area contributed by atoms with Crippen molar-refractivity contribution < 1.29 is 43.3 Å². The third-order valence-corrected chi connectivity index (χ3v) is 9.64. The topological polar surface area (TPSA) is 108 Å². The van der Waals surface area contributed by atoms with E-state index >= 15 is 0 Å². The van der Waals surface area contributed by atoms with Crippen LogP contribution in [0.25, 0.3) is 22.0 Å². The Kier molecular flexibility index (Phi) is 9.52. The number of aliphatic hydroxyl groups is 2. The van der Waals surface area contributed by atoms with Crippen molar-refractivity contribution in [2.75, 3.05) is 27.6 Å². The minimum Gasteiger partial charge on any atom is -0.493 e. The number of rotatable bonds is 12. The van der Waals surface area contributed by atoms with Crippen LogP contribution in [0.4, 0.5) is 0 Å². The first-order valence-corrected chi connectivity index (χ1v) is 16.2. The van der Waals surface area contributed by atoms with E-state index in [1.807, 2.05) is 32.0 Å². The van der Waals surface area contributed by atoms with Crippen molar-refractivity contribution in [3.8, 4) is 34.3 Å². The first kappa shape index (κ1) is 31.9. The monoisotopic (exact) mass is 630 g/mol. The van der Waals surface area contributed by atoms with Gasteiger partial charge in [-0.25, -0.2) is 0 Å². The number of fused-ring (bicyclic) bond motifs is 5. The molecule has 0 amide bonds. The number of carbonyl (C=O) groups excluding carboxylic acids is 1. The molecule has 2 N–H and O–H groups in total. The molecule has 1 aromatic heterocycles. The summed E-state index contributed by atoms with van der Waals surface area (Å²) in [7, 11) is 3.25. The highest BCUT2D eigenvalue weighted by Gasteiger charge is 2.33. The number of nitrogens with zero attached hydrogens (tertiary/aromatic N) is 1. The maximum atomic E-state index is 13.3. The summed E-state index contributed by atoms with van der Waals surface area (Å²) in [5.74, 6) is 2.46. The molecule has 0 bridgehead atoms. The van der Waals surface area contributed by atoms with Crippen molar-refractivity contribution in [2.45, 2.75) is 84.0 Å².